The van der Waals surface area contributed by atoms with Crippen LogP contribution in [0.4, 0.5) is 0 Å². The first-order chi connectivity index (χ1) is 13.8. The largest absolute Gasteiger partial charge is 0.383 e. The molecule has 0 saturated carbocycles. The molecular formula is C22H24N4OS. The number of rotatable bonds is 7. The highest BCUT2D eigenvalue weighted by molar-refractivity contribution is 7.80. The first-order valence-electron chi connectivity index (χ1n) is 9.44. The van der Waals surface area contributed by atoms with Crippen LogP contribution in [0.15, 0.2) is 73.1 Å². The zero-order valence-corrected chi connectivity index (χ0v) is 16.7. The smallest absolute Gasteiger partial charge is 0.170 e. The van der Waals surface area contributed by atoms with Crippen LogP contribution in [-0.4, -0.2) is 33.3 Å². The molecular weight excluding hydrogens is 368 g/mol. The van der Waals surface area contributed by atoms with Crippen molar-refractivity contribution in [3.63, 3.8) is 0 Å². The first-order valence-corrected chi connectivity index (χ1v) is 9.84. The summed E-state index contributed by atoms with van der Waals surface area (Å²) in [6, 6.07) is 20.8. The molecule has 2 atom stereocenters. The predicted octanol–water partition coefficient (Wildman–Crippen LogP) is 3.70. The molecule has 0 unspecified atom stereocenters. The third-order valence-electron chi connectivity index (χ3n) is 5.10. The van der Waals surface area contributed by atoms with E-state index in [-0.39, 0.29) is 12.1 Å². The van der Waals surface area contributed by atoms with Crippen LogP contribution in [0.25, 0.3) is 0 Å². The van der Waals surface area contributed by atoms with Gasteiger partial charge in [0.25, 0.3) is 0 Å². The Hall–Kier alpha value is -2.70. The van der Waals surface area contributed by atoms with Crippen LogP contribution >= 0.6 is 12.2 Å². The third kappa shape index (κ3) is 3.79. The average Bonchev–Trinajstić information content (AvgIpc) is 3.32. The number of hydrogen-bond donors (Lipinski definition) is 1. The van der Waals surface area contributed by atoms with Crippen molar-refractivity contribution in [2.24, 2.45) is 0 Å². The number of pyridine rings is 1. The fourth-order valence-corrected chi connectivity index (χ4v) is 4.07. The van der Waals surface area contributed by atoms with Gasteiger partial charge in [0.1, 0.15) is 0 Å². The summed E-state index contributed by atoms with van der Waals surface area (Å²) in [6.45, 7) is 2.21. The van der Waals surface area contributed by atoms with Crippen molar-refractivity contribution >= 4 is 17.3 Å². The maximum atomic E-state index is 5.75. The van der Waals surface area contributed by atoms with Gasteiger partial charge in [0.15, 0.2) is 5.11 Å². The highest BCUT2D eigenvalue weighted by Gasteiger charge is 2.40. The van der Waals surface area contributed by atoms with Crippen LogP contribution in [-0.2, 0) is 17.8 Å². The number of nitrogens with one attached hydrogen (secondary N) is 1. The Bertz CT molecular complexity index is 913. The van der Waals surface area contributed by atoms with Crippen LogP contribution in [0.5, 0.6) is 0 Å². The summed E-state index contributed by atoms with van der Waals surface area (Å²) in [5.41, 5.74) is 3.43. The van der Waals surface area contributed by atoms with E-state index in [1.165, 1.54) is 11.3 Å². The molecule has 0 aliphatic carbocycles. The summed E-state index contributed by atoms with van der Waals surface area (Å²) in [5.74, 6) is 0. The molecule has 0 bridgehead atoms. The lowest BCUT2D eigenvalue weighted by atomic mass is 10.0. The van der Waals surface area contributed by atoms with Gasteiger partial charge in [-0.1, -0.05) is 36.4 Å². The molecule has 1 saturated heterocycles. The summed E-state index contributed by atoms with van der Waals surface area (Å²) < 4.78 is 7.55. The monoisotopic (exact) mass is 392 g/mol. The van der Waals surface area contributed by atoms with Gasteiger partial charge in [-0.3, -0.25) is 4.98 Å². The maximum Gasteiger partial charge on any atom is 0.170 e. The lowest BCUT2D eigenvalue weighted by molar-refractivity contribution is 0.183. The summed E-state index contributed by atoms with van der Waals surface area (Å²) >= 11 is 5.75. The Labute approximate surface area is 171 Å². The van der Waals surface area contributed by atoms with E-state index in [1.807, 2.05) is 24.4 Å². The van der Waals surface area contributed by atoms with E-state index in [4.69, 9.17) is 17.0 Å². The molecule has 1 fully saturated rings. The Morgan fingerprint density at radius 1 is 1.07 bits per heavy atom. The predicted molar refractivity (Wildman–Crippen MR) is 114 cm³/mol. The normalized spacial score (nSPS) is 19.0. The van der Waals surface area contributed by atoms with E-state index in [2.05, 4.69) is 68.4 Å². The Kier molecular flexibility index (Phi) is 5.69. The summed E-state index contributed by atoms with van der Waals surface area (Å²) in [5, 5.41) is 4.27. The van der Waals surface area contributed by atoms with Crippen molar-refractivity contribution in [3.05, 3.63) is 90.0 Å². The van der Waals surface area contributed by atoms with Crippen LogP contribution in [0.3, 0.4) is 0 Å². The second-order valence-corrected chi connectivity index (χ2v) is 7.25. The van der Waals surface area contributed by atoms with Gasteiger partial charge in [-0.2, -0.15) is 0 Å². The second kappa shape index (κ2) is 8.54. The van der Waals surface area contributed by atoms with Crippen molar-refractivity contribution in [1.82, 2.24) is 19.8 Å². The second-order valence-electron chi connectivity index (χ2n) is 6.86. The average molecular weight is 393 g/mol. The molecule has 4 rings (SSSR count). The number of methoxy groups -OCH3 is 1. The van der Waals surface area contributed by atoms with Gasteiger partial charge in [0.2, 0.25) is 0 Å². The van der Waals surface area contributed by atoms with E-state index >= 15 is 0 Å². The molecule has 2 aromatic heterocycles. The molecule has 3 aromatic rings. The lowest BCUT2D eigenvalue weighted by Crippen LogP contribution is -2.30. The minimum atomic E-state index is -0.00592. The van der Waals surface area contributed by atoms with Crippen molar-refractivity contribution in [3.8, 4) is 0 Å². The van der Waals surface area contributed by atoms with E-state index in [1.54, 1.807) is 7.11 Å². The van der Waals surface area contributed by atoms with Crippen LogP contribution in [0, 0.1) is 0 Å². The van der Waals surface area contributed by atoms with Gasteiger partial charge >= 0.3 is 0 Å². The van der Waals surface area contributed by atoms with Gasteiger partial charge in [0.05, 0.1) is 24.4 Å². The molecule has 6 heteroatoms. The number of ether oxygens (including phenoxy) is 1. The van der Waals surface area contributed by atoms with Crippen molar-refractivity contribution in [2.75, 3.05) is 13.7 Å². The van der Waals surface area contributed by atoms with Crippen molar-refractivity contribution in [2.45, 2.75) is 25.2 Å². The van der Waals surface area contributed by atoms with E-state index < -0.39 is 0 Å². The molecule has 1 aliphatic heterocycles. The molecule has 0 radical (unpaired) electrons. The van der Waals surface area contributed by atoms with Crippen LogP contribution in [0.1, 0.15) is 29.0 Å². The van der Waals surface area contributed by atoms with Gasteiger partial charge in [-0.15, -0.1) is 0 Å². The number of benzene rings is 1. The third-order valence-corrected chi connectivity index (χ3v) is 5.45. The Balaban J connectivity index is 1.72. The minimum absolute atomic E-state index is 0.00592. The van der Waals surface area contributed by atoms with E-state index in [0.717, 1.165) is 23.9 Å². The highest BCUT2D eigenvalue weighted by atomic mass is 32.1. The Morgan fingerprint density at radius 3 is 2.64 bits per heavy atom. The molecule has 1 N–H and O–H groups in total. The molecule has 144 valence electrons. The van der Waals surface area contributed by atoms with Gasteiger partial charge in [-0.25, -0.2) is 0 Å². The topological polar surface area (TPSA) is 42.3 Å². The van der Waals surface area contributed by atoms with Crippen LogP contribution in [0.2, 0.25) is 0 Å². The number of hydrogen-bond acceptors (Lipinski definition) is 3. The number of thiocarbonyl (C=S) groups is 1. The maximum absolute atomic E-state index is 5.75. The molecule has 0 amide bonds. The quantitative estimate of drug-likeness (QED) is 0.621. The fraction of sp³-hybridized carbons (Fsp3) is 0.273. The van der Waals surface area contributed by atoms with Gasteiger partial charge in [0, 0.05) is 38.3 Å². The lowest BCUT2D eigenvalue weighted by Gasteiger charge is -2.29. The van der Waals surface area contributed by atoms with Crippen molar-refractivity contribution in [1.29, 1.82) is 0 Å². The standard InChI is InChI=1S/C22H24N4OS/c1-27-15-14-25-13-7-11-19(25)21-20(18-10-5-6-12-23-18)24-22(28)26(21)16-17-8-3-2-4-9-17/h2-13,20-21H,14-16H2,1H3,(H,24,28)/t20-,21-/m1/s1. The van der Waals surface area contributed by atoms with E-state index in [9.17, 15) is 0 Å². The SMILES string of the molecule is COCCn1cccc1[C@@H]1[C@@H](c2ccccn2)NC(=S)N1Cc1ccccc1. The summed E-state index contributed by atoms with van der Waals surface area (Å²) in [7, 11) is 1.73. The highest BCUT2D eigenvalue weighted by Crippen LogP contribution is 2.39. The van der Waals surface area contributed by atoms with Crippen LogP contribution < -0.4 is 5.32 Å². The van der Waals surface area contributed by atoms with Gasteiger partial charge in [-0.05, 0) is 42.0 Å². The fourth-order valence-electron chi connectivity index (χ4n) is 3.77. The zero-order valence-electron chi connectivity index (χ0n) is 15.9. The molecule has 28 heavy (non-hydrogen) atoms. The first kappa shape index (κ1) is 18.7. The summed E-state index contributed by atoms with van der Waals surface area (Å²) in [6.07, 6.45) is 3.94. The number of aromatic nitrogens is 2. The van der Waals surface area contributed by atoms with Gasteiger partial charge < -0.3 is 19.5 Å². The molecule has 3 heterocycles. The molecule has 0 spiro atoms. The minimum Gasteiger partial charge on any atom is -0.383 e. The summed E-state index contributed by atoms with van der Waals surface area (Å²) in [4.78, 5) is 6.87. The Morgan fingerprint density at radius 2 is 1.89 bits per heavy atom. The number of nitrogens with zero attached hydrogens (tertiary/aromatic N) is 3. The van der Waals surface area contributed by atoms with Crippen molar-refractivity contribution < 1.29 is 4.74 Å². The van der Waals surface area contributed by atoms with E-state index in [0.29, 0.717) is 6.61 Å². The molecule has 5 nitrogen and oxygen atoms in total. The molecule has 1 aliphatic rings. The molecule has 1 aromatic carbocycles. The zero-order chi connectivity index (χ0) is 19.3.